The van der Waals surface area contributed by atoms with Crippen LogP contribution < -0.4 is 15.2 Å². The highest BCUT2D eigenvalue weighted by Gasteiger charge is 2.13. The van der Waals surface area contributed by atoms with Crippen molar-refractivity contribution >= 4 is 5.69 Å². The molecule has 0 amide bonds. The van der Waals surface area contributed by atoms with Crippen molar-refractivity contribution in [1.29, 1.82) is 0 Å². The molecule has 19 heavy (non-hydrogen) atoms. The Labute approximate surface area is 114 Å². The predicted octanol–water partition coefficient (Wildman–Crippen LogP) is 0.904. The van der Waals surface area contributed by atoms with E-state index in [1.54, 1.807) is 13.2 Å². The Hall–Kier alpha value is -1.46. The van der Waals surface area contributed by atoms with Crippen molar-refractivity contribution in [2.24, 2.45) is 0 Å². The largest absolute Gasteiger partial charge is 0.497 e. The van der Waals surface area contributed by atoms with Crippen molar-refractivity contribution in [3.8, 4) is 11.5 Å². The topological polar surface area (TPSA) is 51.0 Å². The molecule has 1 aromatic rings. The van der Waals surface area contributed by atoms with Crippen molar-refractivity contribution in [2.75, 3.05) is 59.2 Å². The Kier molecular flexibility index (Phi) is 4.87. The number of piperazine rings is 1. The summed E-state index contributed by atoms with van der Waals surface area (Å²) in [5.41, 5.74) is 6.53. The lowest BCUT2D eigenvalue weighted by molar-refractivity contribution is 0.134. The van der Waals surface area contributed by atoms with E-state index in [0.717, 1.165) is 44.2 Å². The number of hydrogen-bond acceptors (Lipinski definition) is 5. The zero-order valence-electron chi connectivity index (χ0n) is 11.8. The van der Waals surface area contributed by atoms with Crippen molar-refractivity contribution in [3.05, 3.63) is 18.2 Å². The van der Waals surface area contributed by atoms with Gasteiger partial charge in [-0.2, -0.15) is 0 Å². The molecule has 1 aliphatic rings. The van der Waals surface area contributed by atoms with E-state index in [1.807, 2.05) is 12.1 Å². The van der Waals surface area contributed by atoms with Gasteiger partial charge in [0, 0.05) is 38.8 Å². The van der Waals surface area contributed by atoms with Gasteiger partial charge >= 0.3 is 0 Å². The number of benzene rings is 1. The lowest BCUT2D eigenvalue weighted by Gasteiger charge is -2.32. The molecule has 0 bridgehead atoms. The third kappa shape index (κ3) is 4.01. The Morgan fingerprint density at radius 2 is 1.95 bits per heavy atom. The Bertz CT molecular complexity index is 404. The summed E-state index contributed by atoms with van der Waals surface area (Å²) in [5.74, 6) is 1.49. The molecule has 1 fully saturated rings. The van der Waals surface area contributed by atoms with Crippen molar-refractivity contribution in [3.63, 3.8) is 0 Å². The maximum absolute atomic E-state index is 5.91. The Morgan fingerprint density at radius 3 is 2.58 bits per heavy atom. The highest BCUT2D eigenvalue weighted by Crippen LogP contribution is 2.26. The average Bonchev–Trinajstić information content (AvgIpc) is 2.42. The number of ether oxygens (including phenoxy) is 2. The number of nitrogen functional groups attached to an aromatic ring is 1. The molecule has 0 saturated carbocycles. The number of nitrogens with two attached hydrogens (primary N) is 1. The van der Waals surface area contributed by atoms with Gasteiger partial charge in [-0.05, 0) is 19.2 Å². The summed E-state index contributed by atoms with van der Waals surface area (Å²) in [4.78, 5) is 4.76. The fraction of sp³-hybridized carbons (Fsp3) is 0.571. The summed E-state index contributed by atoms with van der Waals surface area (Å²) in [6, 6.07) is 5.50. The zero-order valence-corrected chi connectivity index (χ0v) is 11.8. The lowest BCUT2D eigenvalue weighted by atomic mass is 10.3. The van der Waals surface area contributed by atoms with E-state index >= 15 is 0 Å². The first-order chi connectivity index (χ1) is 9.19. The molecule has 0 aliphatic carbocycles. The first-order valence-corrected chi connectivity index (χ1v) is 6.66. The van der Waals surface area contributed by atoms with Crippen molar-refractivity contribution < 1.29 is 9.47 Å². The van der Waals surface area contributed by atoms with Crippen LogP contribution in [0, 0.1) is 0 Å². The molecule has 2 rings (SSSR count). The summed E-state index contributed by atoms with van der Waals surface area (Å²) in [6.45, 7) is 6.09. The van der Waals surface area contributed by atoms with Gasteiger partial charge in [0.05, 0.1) is 12.8 Å². The number of nitrogens with zero attached hydrogens (tertiary/aromatic N) is 2. The molecule has 0 radical (unpaired) electrons. The monoisotopic (exact) mass is 265 g/mol. The van der Waals surface area contributed by atoms with Gasteiger partial charge in [-0.1, -0.05) is 0 Å². The summed E-state index contributed by atoms with van der Waals surface area (Å²) in [6.07, 6.45) is 0. The number of likely N-dealkylation sites (N-methyl/N-ethyl adjacent to an activating group) is 1. The van der Waals surface area contributed by atoms with E-state index in [0.29, 0.717) is 12.3 Å². The van der Waals surface area contributed by atoms with E-state index < -0.39 is 0 Å². The van der Waals surface area contributed by atoms with Crippen molar-refractivity contribution in [1.82, 2.24) is 9.80 Å². The number of hydrogen-bond donors (Lipinski definition) is 1. The van der Waals surface area contributed by atoms with E-state index in [2.05, 4.69) is 16.8 Å². The van der Waals surface area contributed by atoms with Gasteiger partial charge in [-0.3, -0.25) is 4.90 Å². The van der Waals surface area contributed by atoms with Gasteiger partial charge in [0.2, 0.25) is 0 Å². The second-order valence-electron chi connectivity index (χ2n) is 4.90. The highest BCUT2D eigenvalue weighted by atomic mass is 16.5. The molecule has 2 N–H and O–H groups in total. The second kappa shape index (κ2) is 6.63. The molecule has 1 saturated heterocycles. The molecule has 5 nitrogen and oxygen atoms in total. The Balaban J connectivity index is 1.76. The second-order valence-corrected chi connectivity index (χ2v) is 4.90. The van der Waals surface area contributed by atoms with Crippen molar-refractivity contribution in [2.45, 2.75) is 0 Å². The first kappa shape index (κ1) is 14.0. The average molecular weight is 265 g/mol. The van der Waals surface area contributed by atoms with Crippen LogP contribution in [0.1, 0.15) is 0 Å². The fourth-order valence-corrected chi connectivity index (χ4v) is 2.14. The van der Waals surface area contributed by atoms with Crippen LogP contribution in [0.3, 0.4) is 0 Å². The third-order valence-electron chi connectivity index (χ3n) is 3.48. The van der Waals surface area contributed by atoms with E-state index in [9.17, 15) is 0 Å². The van der Waals surface area contributed by atoms with Crippen LogP contribution in [-0.4, -0.2) is 63.3 Å². The number of methoxy groups -OCH3 is 1. The summed E-state index contributed by atoms with van der Waals surface area (Å²) in [5, 5.41) is 0. The third-order valence-corrected chi connectivity index (χ3v) is 3.48. The molecule has 0 atom stereocenters. The highest BCUT2D eigenvalue weighted by molar-refractivity contribution is 5.56. The van der Waals surface area contributed by atoms with E-state index in [4.69, 9.17) is 15.2 Å². The number of anilines is 1. The minimum Gasteiger partial charge on any atom is -0.497 e. The standard InChI is InChI=1S/C14H23N3O2/c1-16-5-7-17(8-6-16)9-10-19-14-4-3-12(18-2)11-13(14)15/h3-4,11H,5-10,15H2,1-2H3. The molecule has 1 aliphatic heterocycles. The molecule has 0 unspecified atom stereocenters. The van der Waals surface area contributed by atoms with Crippen LogP contribution in [0.2, 0.25) is 0 Å². The summed E-state index contributed by atoms with van der Waals surface area (Å²) < 4.78 is 10.8. The lowest BCUT2D eigenvalue weighted by Crippen LogP contribution is -2.45. The van der Waals surface area contributed by atoms with Gasteiger partial charge in [0.25, 0.3) is 0 Å². The normalized spacial score (nSPS) is 17.4. The number of rotatable bonds is 5. The first-order valence-electron chi connectivity index (χ1n) is 6.66. The molecule has 106 valence electrons. The van der Waals surface area contributed by atoms with Gasteiger partial charge in [0.1, 0.15) is 18.1 Å². The summed E-state index contributed by atoms with van der Waals surface area (Å²) >= 11 is 0. The van der Waals surface area contributed by atoms with Crippen LogP contribution in [0.15, 0.2) is 18.2 Å². The van der Waals surface area contributed by atoms with E-state index in [-0.39, 0.29) is 0 Å². The van der Waals surface area contributed by atoms with Gasteiger partial charge < -0.3 is 20.1 Å². The Morgan fingerprint density at radius 1 is 1.21 bits per heavy atom. The molecule has 0 spiro atoms. The molecule has 5 heteroatoms. The minimum absolute atomic E-state index is 0.623. The zero-order chi connectivity index (χ0) is 13.7. The van der Waals surface area contributed by atoms with Crippen LogP contribution in [0.4, 0.5) is 5.69 Å². The molecular formula is C14H23N3O2. The van der Waals surface area contributed by atoms with Gasteiger partial charge in [-0.25, -0.2) is 0 Å². The van der Waals surface area contributed by atoms with E-state index in [1.165, 1.54) is 0 Å². The van der Waals surface area contributed by atoms with Crippen LogP contribution in [0.5, 0.6) is 11.5 Å². The smallest absolute Gasteiger partial charge is 0.142 e. The minimum atomic E-state index is 0.623. The van der Waals surface area contributed by atoms with Crippen LogP contribution in [0.25, 0.3) is 0 Å². The quantitative estimate of drug-likeness (QED) is 0.802. The maximum Gasteiger partial charge on any atom is 0.142 e. The maximum atomic E-state index is 5.91. The van der Waals surface area contributed by atoms with Gasteiger partial charge in [0.15, 0.2) is 0 Å². The predicted molar refractivity (Wildman–Crippen MR) is 76.8 cm³/mol. The van der Waals surface area contributed by atoms with Crippen LogP contribution >= 0.6 is 0 Å². The molecule has 1 aromatic carbocycles. The summed E-state index contributed by atoms with van der Waals surface area (Å²) in [7, 11) is 3.79. The molecular weight excluding hydrogens is 242 g/mol. The molecule has 0 aromatic heterocycles. The van der Waals surface area contributed by atoms with Crippen LogP contribution in [-0.2, 0) is 0 Å². The fourth-order valence-electron chi connectivity index (χ4n) is 2.14. The SMILES string of the molecule is COc1ccc(OCCN2CCN(C)CC2)c(N)c1. The molecule has 1 heterocycles. The van der Waals surface area contributed by atoms with Gasteiger partial charge in [-0.15, -0.1) is 0 Å².